The van der Waals surface area contributed by atoms with Gasteiger partial charge in [-0.25, -0.2) is 13.2 Å². The summed E-state index contributed by atoms with van der Waals surface area (Å²) in [6, 6.07) is 6.36. The van der Waals surface area contributed by atoms with E-state index in [0.29, 0.717) is 0 Å². The highest BCUT2D eigenvalue weighted by Gasteiger charge is 2.29. The first-order valence-electron chi connectivity index (χ1n) is 8.24. The van der Waals surface area contributed by atoms with Crippen LogP contribution in [0.15, 0.2) is 24.3 Å². The number of hydrogen-bond donors (Lipinski definition) is 1. The van der Waals surface area contributed by atoms with Crippen molar-refractivity contribution in [1.82, 2.24) is 4.90 Å². The number of carbonyl (C=O) groups is 2. The third-order valence-corrected chi connectivity index (χ3v) is 4.84. The van der Waals surface area contributed by atoms with Gasteiger partial charge in [0.1, 0.15) is 0 Å². The van der Waals surface area contributed by atoms with Gasteiger partial charge in [0, 0.05) is 12.1 Å². The summed E-state index contributed by atoms with van der Waals surface area (Å²) in [5, 5.41) is 0. The number of para-hydroxylation sites is 1. The van der Waals surface area contributed by atoms with E-state index in [0.717, 1.165) is 25.5 Å². The number of nitrogens with zero attached hydrogens (tertiary/aromatic N) is 1. The standard InChI is InChI=1S/C17H24N2O5S/c1-12-7-6-8-13(2)19(12)16(20)11-24-17(21)14-9-4-5-10-15(14)18-25(3,22)23/h4-5,9-10,12-13,18H,6-8,11H2,1-3H3/t12-,13-/m1/s1. The zero-order chi connectivity index (χ0) is 18.6. The van der Waals surface area contributed by atoms with Crippen LogP contribution in [0.5, 0.6) is 0 Å². The molecule has 25 heavy (non-hydrogen) atoms. The maximum absolute atomic E-state index is 12.4. The molecule has 8 heteroatoms. The molecule has 0 radical (unpaired) electrons. The van der Waals surface area contributed by atoms with Gasteiger partial charge in [-0.1, -0.05) is 12.1 Å². The minimum absolute atomic E-state index is 0.0699. The second-order valence-corrected chi connectivity index (χ2v) is 8.17. The number of likely N-dealkylation sites (tertiary alicyclic amines) is 1. The molecule has 2 rings (SSSR count). The number of rotatable bonds is 5. The Labute approximate surface area is 148 Å². The van der Waals surface area contributed by atoms with Crippen molar-refractivity contribution in [3.63, 3.8) is 0 Å². The van der Waals surface area contributed by atoms with Crippen LogP contribution in [0.4, 0.5) is 5.69 Å². The van der Waals surface area contributed by atoms with Crippen molar-refractivity contribution in [2.45, 2.75) is 45.2 Å². The van der Waals surface area contributed by atoms with E-state index in [4.69, 9.17) is 4.74 Å². The zero-order valence-electron chi connectivity index (χ0n) is 14.7. The quantitative estimate of drug-likeness (QED) is 0.803. The van der Waals surface area contributed by atoms with Crippen LogP contribution in [0.25, 0.3) is 0 Å². The van der Waals surface area contributed by atoms with Crippen LogP contribution in [0.3, 0.4) is 0 Å². The average molecular weight is 368 g/mol. The van der Waals surface area contributed by atoms with E-state index < -0.39 is 16.0 Å². The van der Waals surface area contributed by atoms with E-state index in [1.54, 1.807) is 17.0 Å². The molecule has 1 N–H and O–H groups in total. The summed E-state index contributed by atoms with van der Waals surface area (Å²) in [5.74, 6) is -0.973. The lowest BCUT2D eigenvalue weighted by Gasteiger charge is -2.38. The molecule has 1 aliphatic rings. The van der Waals surface area contributed by atoms with Gasteiger partial charge >= 0.3 is 5.97 Å². The Bertz CT molecular complexity index is 737. The Kier molecular flexibility index (Phi) is 6.05. The number of amides is 1. The van der Waals surface area contributed by atoms with E-state index in [1.807, 2.05) is 13.8 Å². The van der Waals surface area contributed by atoms with E-state index in [2.05, 4.69) is 4.72 Å². The van der Waals surface area contributed by atoms with Crippen LogP contribution in [0.1, 0.15) is 43.5 Å². The van der Waals surface area contributed by atoms with Crippen molar-refractivity contribution in [3.8, 4) is 0 Å². The van der Waals surface area contributed by atoms with Gasteiger partial charge in [0.25, 0.3) is 5.91 Å². The van der Waals surface area contributed by atoms with E-state index in [9.17, 15) is 18.0 Å². The predicted octanol–water partition coefficient (Wildman–Crippen LogP) is 2.00. The van der Waals surface area contributed by atoms with Crippen molar-refractivity contribution >= 4 is 27.6 Å². The van der Waals surface area contributed by atoms with Crippen LogP contribution < -0.4 is 4.72 Å². The summed E-state index contributed by atoms with van der Waals surface area (Å²) in [5.41, 5.74) is 0.197. The first-order chi connectivity index (χ1) is 11.7. The number of esters is 1. The molecule has 0 saturated carbocycles. The molecule has 1 saturated heterocycles. The van der Waals surface area contributed by atoms with Crippen LogP contribution in [-0.4, -0.2) is 50.1 Å². The second kappa shape index (κ2) is 7.86. The Morgan fingerprint density at radius 3 is 2.40 bits per heavy atom. The smallest absolute Gasteiger partial charge is 0.340 e. The number of nitrogens with one attached hydrogen (secondary N) is 1. The number of benzene rings is 1. The molecule has 1 aromatic rings. The summed E-state index contributed by atoms with van der Waals surface area (Å²) in [6.07, 6.45) is 3.95. The molecule has 1 aliphatic heterocycles. The van der Waals surface area contributed by atoms with Crippen molar-refractivity contribution in [1.29, 1.82) is 0 Å². The van der Waals surface area contributed by atoms with Crippen LogP contribution >= 0.6 is 0 Å². The highest BCUT2D eigenvalue weighted by Crippen LogP contribution is 2.23. The van der Waals surface area contributed by atoms with Gasteiger partial charge in [0.05, 0.1) is 17.5 Å². The zero-order valence-corrected chi connectivity index (χ0v) is 15.5. The molecular weight excluding hydrogens is 344 g/mol. The maximum atomic E-state index is 12.4. The lowest BCUT2D eigenvalue weighted by Crippen LogP contribution is -2.49. The van der Waals surface area contributed by atoms with Gasteiger partial charge in [-0.2, -0.15) is 0 Å². The van der Waals surface area contributed by atoms with Gasteiger partial charge in [0.2, 0.25) is 10.0 Å². The molecule has 1 amide bonds. The first-order valence-corrected chi connectivity index (χ1v) is 10.1. The van der Waals surface area contributed by atoms with Crippen LogP contribution in [0.2, 0.25) is 0 Å². The summed E-state index contributed by atoms with van der Waals surface area (Å²) in [7, 11) is -3.53. The molecule has 0 bridgehead atoms. The number of piperidine rings is 1. The fraction of sp³-hybridized carbons (Fsp3) is 0.529. The molecule has 138 valence electrons. The fourth-order valence-corrected chi connectivity index (χ4v) is 3.72. The molecule has 0 spiro atoms. The third kappa shape index (κ3) is 5.19. The third-order valence-electron chi connectivity index (χ3n) is 4.25. The number of sulfonamides is 1. The lowest BCUT2D eigenvalue weighted by atomic mass is 9.97. The molecule has 2 atom stereocenters. The van der Waals surface area contributed by atoms with Crippen LogP contribution in [0, 0.1) is 0 Å². The van der Waals surface area contributed by atoms with E-state index in [1.165, 1.54) is 12.1 Å². The van der Waals surface area contributed by atoms with E-state index in [-0.39, 0.29) is 35.8 Å². The van der Waals surface area contributed by atoms with Gasteiger partial charge in [-0.05, 0) is 45.2 Å². The first kappa shape index (κ1) is 19.2. The summed E-state index contributed by atoms with van der Waals surface area (Å²) < 4.78 is 30.2. The van der Waals surface area contributed by atoms with Crippen molar-refractivity contribution in [3.05, 3.63) is 29.8 Å². The largest absolute Gasteiger partial charge is 0.452 e. The number of anilines is 1. The molecular formula is C17H24N2O5S. The molecule has 1 aromatic carbocycles. The molecule has 0 aliphatic carbocycles. The second-order valence-electron chi connectivity index (χ2n) is 6.43. The average Bonchev–Trinajstić information content (AvgIpc) is 2.51. The minimum atomic E-state index is -3.53. The Hall–Kier alpha value is -2.09. The number of hydrogen-bond acceptors (Lipinski definition) is 5. The van der Waals surface area contributed by atoms with Crippen molar-refractivity contribution in [2.24, 2.45) is 0 Å². The highest BCUT2D eigenvalue weighted by molar-refractivity contribution is 7.92. The summed E-state index contributed by atoms with van der Waals surface area (Å²) in [6.45, 7) is 3.61. The van der Waals surface area contributed by atoms with Gasteiger partial charge in [-0.3, -0.25) is 9.52 Å². The SMILES string of the molecule is C[C@@H]1CCC[C@@H](C)N1C(=O)COC(=O)c1ccccc1NS(C)(=O)=O. The Morgan fingerprint density at radius 1 is 1.20 bits per heavy atom. The van der Waals surface area contributed by atoms with Crippen molar-refractivity contribution in [2.75, 3.05) is 17.6 Å². The van der Waals surface area contributed by atoms with Crippen molar-refractivity contribution < 1.29 is 22.7 Å². The van der Waals surface area contributed by atoms with Gasteiger partial charge in [-0.15, -0.1) is 0 Å². The predicted molar refractivity (Wildman–Crippen MR) is 94.8 cm³/mol. The Morgan fingerprint density at radius 2 is 1.80 bits per heavy atom. The van der Waals surface area contributed by atoms with Gasteiger partial charge in [0.15, 0.2) is 6.61 Å². The number of carbonyl (C=O) groups excluding carboxylic acids is 2. The van der Waals surface area contributed by atoms with Crippen LogP contribution in [-0.2, 0) is 19.6 Å². The van der Waals surface area contributed by atoms with Gasteiger partial charge < -0.3 is 9.64 Å². The Balaban J connectivity index is 2.04. The fourth-order valence-electron chi connectivity index (χ4n) is 3.14. The topological polar surface area (TPSA) is 92.8 Å². The molecule has 7 nitrogen and oxygen atoms in total. The summed E-state index contributed by atoms with van der Waals surface area (Å²) in [4.78, 5) is 26.4. The molecule has 0 unspecified atom stereocenters. The molecule has 1 heterocycles. The highest BCUT2D eigenvalue weighted by atomic mass is 32.2. The monoisotopic (exact) mass is 368 g/mol. The summed E-state index contributed by atoms with van der Waals surface area (Å²) >= 11 is 0. The van der Waals surface area contributed by atoms with E-state index >= 15 is 0 Å². The molecule has 0 aromatic heterocycles. The number of ether oxygens (including phenoxy) is 1. The maximum Gasteiger partial charge on any atom is 0.340 e. The molecule has 1 fully saturated rings. The normalized spacial score (nSPS) is 20.8. The minimum Gasteiger partial charge on any atom is -0.452 e. The lowest BCUT2D eigenvalue weighted by molar-refractivity contribution is -0.140.